The van der Waals surface area contributed by atoms with Crippen molar-refractivity contribution in [1.29, 1.82) is 0 Å². The molecule has 1 aromatic carbocycles. The van der Waals surface area contributed by atoms with Crippen LogP contribution < -0.4 is 0 Å². The Kier molecular flexibility index (Phi) is 4.63. The van der Waals surface area contributed by atoms with Crippen molar-refractivity contribution in [3.05, 3.63) is 53.4 Å². The van der Waals surface area contributed by atoms with Crippen LogP contribution in [0.15, 0.2) is 47.8 Å². The fourth-order valence-corrected chi connectivity index (χ4v) is 5.61. The summed E-state index contributed by atoms with van der Waals surface area (Å²) in [7, 11) is -0.884. The number of hydrogen-bond acceptors (Lipinski definition) is 4. The summed E-state index contributed by atoms with van der Waals surface area (Å²) < 4.78 is 12.2. The van der Waals surface area contributed by atoms with Gasteiger partial charge in [0.2, 0.25) is 0 Å². The molecule has 0 saturated carbocycles. The normalized spacial score (nSPS) is 23.3. The Balaban J connectivity index is 1.80. The Morgan fingerprint density at radius 3 is 2.58 bits per heavy atom. The summed E-state index contributed by atoms with van der Waals surface area (Å²) in [6, 6.07) is 13.7. The van der Waals surface area contributed by atoms with Gasteiger partial charge in [-0.3, -0.25) is 9.00 Å². The molecule has 2 aromatic heterocycles. The van der Waals surface area contributed by atoms with Crippen molar-refractivity contribution in [3.63, 3.8) is 0 Å². The number of amides is 1. The van der Waals surface area contributed by atoms with E-state index in [1.807, 2.05) is 66.6 Å². The fourth-order valence-electron chi connectivity index (χ4n) is 3.48. The Hall–Kier alpha value is -2.05. The van der Waals surface area contributed by atoms with Gasteiger partial charge in [0.15, 0.2) is 0 Å². The van der Waals surface area contributed by atoms with Gasteiger partial charge in [0, 0.05) is 39.8 Å². The predicted octanol–water partition coefficient (Wildman–Crippen LogP) is 3.94. The molecule has 1 aliphatic rings. The molecule has 2 unspecified atom stereocenters. The fraction of sp³-hybridized carbons (Fsp3) is 0.300. The molecule has 3 aromatic rings. The first kappa shape index (κ1) is 17.4. The molecule has 1 saturated heterocycles. The molecule has 2 atom stereocenters. The first-order chi connectivity index (χ1) is 12.5. The Morgan fingerprint density at radius 1 is 1.15 bits per heavy atom. The maximum absolute atomic E-state index is 13.3. The summed E-state index contributed by atoms with van der Waals surface area (Å²) in [6.07, 6.45) is 0. The van der Waals surface area contributed by atoms with Crippen molar-refractivity contribution in [2.75, 3.05) is 13.1 Å². The predicted molar refractivity (Wildman–Crippen MR) is 108 cm³/mol. The number of rotatable bonds is 2. The van der Waals surface area contributed by atoms with Crippen molar-refractivity contribution < 1.29 is 9.00 Å². The largest absolute Gasteiger partial charge is 0.336 e. The first-order valence-corrected chi connectivity index (χ1v) is 10.8. The Morgan fingerprint density at radius 2 is 1.88 bits per heavy atom. The summed E-state index contributed by atoms with van der Waals surface area (Å²) in [4.78, 5) is 21.0. The van der Waals surface area contributed by atoms with Crippen molar-refractivity contribution in [2.24, 2.45) is 0 Å². The third-order valence-corrected chi connectivity index (χ3v) is 7.53. The van der Waals surface area contributed by atoms with E-state index in [4.69, 9.17) is 4.98 Å². The van der Waals surface area contributed by atoms with Gasteiger partial charge in [0.25, 0.3) is 5.91 Å². The lowest BCUT2D eigenvalue weighted by molar-refractivity contribution is 0.0753. The highest BCUT2D eigenvalue weighted by Crippen LogP contribution is 2.29. The summed E-state index contributed by atoms with van der Waals surface area (Å²) in [5, 5.41) is 2.86. The SMILES string of the molecule is CC1CN(C(=O)c2cc(-c3cccs3)nc3ccccc23)CC(C)S1=O. The molecule has 4 rings (SSSR count). The van der Waals surface area contributed by atoms with Crippen LogP contribution >= 0.6 is 11.3 Å². The molecule has 4 nitrogen and oxygen atoms in total. The van der Waals surface area contributed by atoms with Gasteiger partial charge in [-0.25, -0.2) is 4.98 Å². The molecule has 1 fully saturated rings. The minimum absolute atomic E-state index is 0.00296. The zero-order chi connectivity index (χ0) is 18.3. The topological polar surface area (TPSA) is 50.3 Å². The average molecular weight is 385 g/mol. The number of nitrogens with zero attached hydrogens (tertiary/aromatic N) is 2. The lowest BCUT2D eigenvalue weighted by Gasteiger charge is -2.34. The number of aromatic nitrogens is 1. The number of fused-ring (bicyclic) bond motifs is 1. The molecule has 0 bridgehead atoms. The van der Waals surface area contributed by atoms with E-state index >= 15 is 0 Å². The van der Waals surface area contributed by atoms with E-state index in [1.165, 1.54) is 0 Å². The number of thiophene rings is 1. The number of pyridine rings is 1. The molecule has 0 radical (unpaired) electrons. The van der Waals surface area contributed by atoms with E-state index in [1.54, 1.807) is 11.3 Å². The molecule has 0 spiro atoms. The minimum atomic E-state index is -0.884. The molecule has 26 heavy (non-hydrogen) atoms. The molecule has 1 aliphatic heterocycles. The van der Waals surface area contributed by atoms with E-state index in [0.29, 0.717) is 18.7 Å². The second kappa shape index (κ2) is 6.93. The maximum atomic E-state index is 13.3. The van der Waals surface area contributed by atoms with Gasteiger partial charge in [0.1, 0.15) is 0 Å². The van der Waals surface area contributed by atoms with Crippen LogP contribution in [0.2, 0.25) is 0 Å². The smallest absolute Gasteiger partial charge is 0.254 e. The molecule has 3 heterocycles. The first-order valence-electron chi connectivity index (χ1n) is 8.67. The molecular formula is C20H20N2O2S2. The van der Waals surface area contributed by atoms with E-state index in [-0.39, 0.29) is 16.4 Å². The van der Waals surface area contributed by atoms with Gasteiger partial charge in [-0.2, -0.15) is 0 Å². The maximum Gasteiger partial charge on any atom is 0.254 e. The van der Waals surface area contributed by atoms with Crippen LogP contribution in [0.25, 0.3) is 21.5 Å². The highest BCUT2D eigenvalue weighted by molar-refractivity contribution is 7.86. The van der Waals surface area contributed by atoms with Crippen molar-refractivity contribution >= 4 is 38.9 Å². The molecule has 0 aliphatic carbocycles. The van der Waals surface area contributed by atoms with Crippen molar-refractivity contribution in [1.82, 2.24) is 9.88 Å². The summed E-state index contributed by atoms with van der Waals surface area (Å²) in [5.74, 6) is -0.00296. The highest BCUT2D eigenvalue weighted by Gasteiger charge is 2.32. The highest BCUT2D eigenvalue weighted by atomic mass is 32.2. The van der Waals surface area contributed by atoms with Crippen LogP contribution in [0.5, 0.6) is 0 Å². The zero-order valence-corrected chi connectivity index (χ0v) is 16.3. The Bertz CT molecular complexity index is 971. The standard InChI is InChI=1S/C20H20N2O2S2/c1-13-11-22(12-14(2)26(13)24)20(23)16-10-18(19-8-5-9-25-19)21-17-7-4-3-6-15(16)17/h3-10,13-14H,11-12H2,1-2H3. The third-order valence-electron chi connectivity index (χ3n) is 4.76. The lowest BCUT2D eigenvalue weighted by Crippen LogP contribution is -2.49. The third kappa shape index (κ3) is 3.08. The molecular weight excluding hydrogens is 364 g/mol. The monoisotopic (exact) mass is 384 g/mol. The van der Waals surface area contributed by atoms with E-state index < -0.39 is 10.8 Å². The van der Waals surface area contributed by atoms with Crippen molar-refractivity contribution in [2.45, 2.75) is 24.3 Å². The molecule has 1 amide bonds. The van der Waals surface area contributed by atoms with Crippen LogP contribution in [0.4, 0.5) is 0 Å². The second-order valence-corrected chi connectivity index (χ2v) is 9.92. The van der Waals surface area contributed by atoms with Crippen LogP contribution in [-0.4, -0.2) is 43.6 Å². The van der Waals surface area contributed by atoms with Gasteiger partial charge < -0.3 is 4.90 Å². The number of carbonyl (C=O) groups excluding carboxylic acids is 1. The summed E-state index contributed by atoms with van der Waals surface area (Å²) in [5.41, 5.74) is 2.32. The molecule has 0 N–H and O–H groups in total. The molecule has 6 heteroatoms. The molecule has 134 valence electrons. The minimum Gasteiger partial charge on any atom is -0.336 e. The van der Waals surface area contributed by atoms with Crippen LogP contribution in [0.3, 0.4) is 0 Å². The van der Waals surface area contributed by atoms with E-state index in [0.717, 1.165) is 21.5 Å². The quantitative estimate of drug-likeness (QED) is 0.672. The zero-order valence-electron chi connectivity index (χ0n) is 14.7. The number of benzene rings is 1. The van der Waals surface area contributed by atoms with Crippen molar-refractivity contribution in [3.8, 4) is 10.6 Å². The van der Waals surface area contributed by atoms with Crippen LogP contribution in [-0.2, 0) is 10.8 Å². The van der Waals surface area contributed by atoms with Gasteiger partial charge in [-0.05, 0) is 37.4 Å². The van der Waals surface area contributed by atoms with Crippen LogP contribution in [0, 0.1) is 0 Å². The second-order valence-electron chi connectivity index (χ2n) is 6.71. The van der Waals surface area contributed by atoms with Gasteiger partial charge in [-0.15, -0.1) is 11.3 Å². The Labute approximate surface area is 159 Å². The van der Waals surface area contributed by atoms with Gasteiger partial charge >= 0.3 is 0 Å². The average Bonchev–Trinajstić information content (AvgIpc) is 3.19. The number of para-hydroxylation sites is 1. The number of hydrogen-bond donors (Lipinski definition) is 0. The summed E-state index contributed by atoms with van der Waals surface area (Å²) in [6.45, 7) is 4.96. The van der Waals surface area contributed by atoms with Gasteiger partial charge in [-0.1, -0.05) is 24.3 Å². The summed E-state index contributed by atoms with van der Waals surface area (Å²) >= 11 is 1.61. The van der Waals surface area contributed by atoms with E-state index in [9.17, 15) is 9.00 Å². The van der Waals surface area contributed by atoms with Gasteiger partial charge in [0.05, 0.1) is 21.7 Å². The number of carbonyl (C=O) groups is 1. The van der Waals surface area contributed by atoms with E-state index in [2.05, 4.69) is 0 Å². The lowest BCUT2D eigenvalue weighted by atomic mass is 10.1. The van der Waals surface area contributed by atoms with Crippen LogP contribution in [0.1, 0.15) is 24.2 Å².